The summed E-state index contributed by atoms with van der Waals surface area (Å²) in [5, 5.41) is 11.7. The van der Waals surface area contributed by atoms with E-state index in [2.05, 4.69) is 4.98 Å². The number of alkyl halides is 3. The summed E-state index contributed by atoms with van der Waals surface area (Å²) in [4.78, 5) is 17.1. The zero-order chi connectivity index (χ0) is 21.8. The minimum atomic E-state index is -4.69. The number of hydrogen-bond acceptors (Lipinski definition) is 5. The van der Waals surface area contributed by atoms with Gasteiger partial charge in [0.1, 0.15) is 11.0 Å². The van der Waals surface area contributed by atoms with E-state index in [-0.39, 0.29) is 17.9 Å². The number of aromatic nitrogens is 1. The number of carbonyl (C=O) groups is 1. The summed E-state index contributed by atoms with van der Waals surface area (Å²) in [6.07, 6.45) is -4.57. The molecule has 0 saturated heterocycles. The molecule has 0 aliphatic heterocycles. The Morgan fingerprint density at radius 3 is 2.34 bits per heavy atom. The third kappa shape index (κ3) is 5.78. The minimum absolute atomic E-state index is 0.0558. The normalized spacial score (nSPS) is 14.0. The molecule has 0 aliphatic carbocycles. The predicted molar refractivity (Wildman–Crippen MR) is 106 cm³/mol. The Hall–Kier alpha value is -2.44. The molecule has 1 amide bonds. The fraction of sp³-hybridized carbons (Fsp3) is 0.450. The van der Waals surface area contributed by atoms with Crippen molar-refractivity contribution in [2.75, 3.05) is 6.54 Å². The highest BCUT2D eigenvalue weighted by atomic mass is 32.1. The average Bonchev–Trinajstić information content (AvgIpc) is 3.05. The predicted octanol–water partition coefficient (Wildman–Crippen LogP) is 4.45. The van der Waals surface area contributed by atoms with Gasteiger partial charge in [-0.3, -0.25) is 9.69 Å². The largest absolute Gasteiger partial charge is 0.408 e. The average molecular weight is 424 g/mol. The summed E-state index contributed by atoms with van der Waals surface area (Å²) in [7, 11) is 0. The molecule has 2 N–H and O–H groups in total. The number of thiazole rings is 1. The Balaban J connectivity index is 2.47. The van der Waals surface area contributed by atoms with Crippen molar-refractivity contribution in [3.8, 4) is 16.6 Å². The van der Waals surface area contributed by atoms with E-state index >= 15 is 0 Å². The minimum Gasteiger partial charge on any atom is -0.368 e. The number of benzene rings is 1. The summed E-state index contributed by atoms with van der Waals surface area (Å²) in [6.45, 7) is 4.84. The van der Waals surface area contributed by atoms with Crippen LogP contribution in [0, 0.1) is 24.2 Å². The van der Waals surface area contributed by atoms with E-state index in [1.54, 1.807) is 32.0 Å². The van der Waals surface area contributed by atoms with Crippen molar-refractivity contribution in [1.82, 2.24) is 9.88 Å². The fourth-order valence-electron chi connectivity index (χ4n) is 3.19. The van der Waals surface area contributed by atoms with E-state index in [4.69, 9.17) is 11.0 Å². The molecule has 0 radical (unpaired) electrons. The Labute approximate surface area is 172 Å². The number of nitrogens with zero attached hydrogens (tertiary/aromatic N) is 3. The maximum atomic E-state index is 14.1. The van der Waals surface area contributed by atoms with Crippen LogP contribution in [0.1, 0.15) is 37.6 Å². The number of carbonyl (C=O) groups excluding carboxylic acids is 1. The van der Waals surface area contributed by atoms with Crippen LogP contribution in [-0.2, 0) is 4.79 Å². The van der Waals surface area contributed by atoms with Crippen molar-refractivity contribution in [2.24, 2.45) is 11.7 Å². The Bertz CT molecular complexity index is 871. The van der Waals surface area contributed by atoms with Crippen molar-refractivity contribution < 1.29 is 18.0 Å². The van der Waals surface area contributed by atoms with Gasteiger partial charge in [-0.05, 0) is 24.8 Å². The molecular formula is C20H23F3N4OS. The van der Waals surface area contributed by atoms with Gasteiger partial charge in [-0.2, -0.15) is 18.4 Å². The second-order valence-electron chi connectivity index (χ2n) is 7.24. The number of rotatable bonds is 8. The van der Waals surface area contributed by atoms with Gasteiger partial charge in [-0.1, -0.05) is 38.1 Å². The smallest absolute Gasteiger partial charge is 0.368 e. The lowest BCUT2D eigenvalue weighted by Crippen LogP contribution is -2.51. The zero-order valence-electron chi connectivity index (χ0n) is 16.4. The van der Waals surface area contributed by atoms with Gasteiger partial charge in [0.25, 0.3) is 0 Å². The number of primary amides is 1. The van der Waals surface area contributed by atoms with Gasteiger partial charge < -0.3 is 5.73 Å². The van der Waals surface area contributed by atoms with Crippen LogP contribution in [-0.4, -0.2) is 34.6 Å². The lowest BCUT2D eigenvalue weighted by Gasteiger charge is -2.37. The quantitative estimate of drug-likeness (QED) is 0.635. The van der Waals surface area contributed by atoms with E-state index in [1.165, 1.54) is 23.5 Å². The van der Waals surface area contributed by atoms with E-state index < -0.39 is 30.7 Å². The first-order valence-electron chi connectivity index (χ1n) is 9.05. The Morgan fingerprint density at radius 1 is 1.31 bits per heavy atom. The molecule has 1 aromatic heterocycles. The van der Waals surface area contributed by atoms with Crippen molar-refractivity contribution in [3.05, 3.63) is 40.9 Å². The topological polar surface area (TPSA) is 83.0 Å². The molecule has 0 fully saturated rings. The Kier molecular flexibility index (Phi) is 7.38. The van der Waals surface area contributed by atoms with Crippen LogP contribution in [0.3, 0.4) is 0 Å². The van der Waals surface area contributed by atoms with Gasteiger partial charge in [-0.25, -0.2) is 4.98 Å². The molecule has 2 aromatic rings. The van der Waals surface area contributed by atoms with Crippen LogP contribution in [0.5, 0.6) is 0 Å². The van der Waals surface area contributed by atoms with Gasteiger partial charge in [0.15, 0.2) is 0 Å². The molecule has 0 spiro atoms. The van der Waals surface area contributed by atoms with Crippen molar-refractivity contribution in [1.29, 1.82) is 5.26 Å². The number of nitriles is 1. The third-order valence-electron chi connectivity index (χ3n) is 4.41. The van der Waals surface area contributed by atoms with Crippen molar-refractivity contribution >= 4 is 17.2 Å². The number of nitrogens with two attached hydrogens (primary N) is 1. The second-order valence-corrected chi connectivity index (χ2v) is 8.10. The molecule has 1 aromatic carbocycles. The molecule has 0 saturated carbocycles. The molecule has 0 aliphatic rings. The monoisotopic (exact) mass is 424 g/mol. The standard InChI is InChI=1S/C20H23F3N4OS/c1-12(2)10-16(18(25)28)27(9-8-24)17(20(21,22)23)14-4-6-15(7-5-14)19-26-13(3)11-29-19/h4-7,11-12,16-17H,9-10H2,1-3H3,(H2,25,28)/t16?,17-/m0/s1. The molecule has 9 heteroatoms. The molecular weight excluding hydrogens is 401 g/mol. The molecule has 1 unspecified atom stereocenters. The highest BCUT2D eigenvalue weighted by molar-refractivity contribution is 7.13. The van der Waals surface area contributed by atoms with Gasteiger partial charge in [0.05, 0.1) is 18.7 Å². The van der Waals surface area contributed by atoms with Gasteiger partial charge in [0, 0.05) is 16.6 Å². The first-order valence-corrected chi connectivity index (χ1v) is 9.93. The highest BCUT2D eigenvalue weighted by Gasteiger charge is 2.47. The van der Waals surface area contributed by atoms with Crippen molar-refractivity contribution in [2.45, 2.75) is 45.5 Å². The van der Waals surface area contributed by atoms with E-state index in [9.17, 15) is 18.0 Å². The van der Waals surface area contributed by atoms with Gasteiger partial charge in [-0.15, -0.1) is 11.3 Å². The van der Waals surface area contributed by atoms with E-state index in [0.29, 0.717) is 10.6 Å². The second kappa shape index (κ2) is 9.37. The molecule has 2 rings (SSSR count). The van der Waals surface area contributed by atoms with Crippen LogP contribution < -0.4 is 5.73 Å². The van der Waals surface area contributed by atoms with Crippen LogP contribution in [0.4, 0.5) is 13.2 Å². The van der Waals surface area contributed by atoms with Crippen LogP contribution in [0.25, 0.3) is 10.6 Å². The van der Waals surface area contributed by atoms with E-state index in [1.807, 2.05) is 12.3 Å². The summed E-state index contributed by atoms with van der Waals surface area (Å²) < 4.78 is 42.2. The fourth-order valence-corrected chi connectivity index (χ4v) is 3.99. The summed E-state index contributed by atoms with van der Waals surface area (Å²) in [5.74, 6) is -0.948. The third-order valence-corrected chi connectivity index (χ3v) is 5.42. The number of amides is 1. The summed E-state index contributed by atoms with van der Waals surface area (Å²) >= 11 is 1.40. The zero-order valence-corrected chi connectivity index (χ0v) is 17.2. The molecule has 156 valence electrons. The van der Waals surface area contributed by atoms with E-state index in [0.717, 1.165) is 10.6 Å². The van der Waals surface area contributed by atoms with Gasteiger partial charge in [0.2, 0.25) is 5.91 Å². The van der Waals surface area contributed by atoms with Crippen molar-refractivity contribution in [3.63, 3.8) is 0 Å². The Morgan fingerprint density at radius 2 is 1.93 bits per heavy atom. The molecule has 2 atom stereocenters. The number of halogens is 3. The maximum Gasteiger partial charge on any atom is 0.408 e. The summed E-state index contributed by atoms with van der Waals surface area (Å²) in [5.41, 5.74) is 6.89. The van der Waals surface area contributed by atoms with Gasteiger partial charge >= 0.3 is 6.18 Å². The lowest BCUT2D eigenvalue weighted by molar-refractivity contribution is -0.192. The SMILES string of the molecule is Cc1csc(-c2ccc([C@H](N(CC#N)C(CC(C)C)C(N)=O)C(F)(F)F)cc2)n1. The molecule has 1 heterocycles. The molecule has 0 bridgehead atoms. The number of hydrogen-bond donors (Lipinski definition) is 1. The highest BCUT2D eigenvalue weighted by Crippen LogP contribution is 2.40. The molecule has 5 nitrogen and oxygen atoms in total. The first-order chi connectivity index (χ1) is 13.5. The lowest BCUT2D eigenvalue weighted by atomic mass is 9.96. The first kappa shape index (κ1) is 22.8. The van der Waals surface area contributed by atoms with Crippen LogP contribution in [0.2, 0.25) is 0 Å². The summed E-state index contributed by atoms with van der Waals surface area (Å²) in [6, 6.07) is 4.29. The maximum absolute atomic E-state index is 14.1. The molecule has 29 heavy (non-hydrogen) atoms. The van der Waals surface area contributed by atoms with Crippen LogP contribution >= 0.6 is 11.3 Å². The number of aryl methyl sites for hydroxylation is 1. The van der Waals surface area contributed by atoms with Crippen LogP contribution in [0.15, 0.2) is 29.6 Å².